The van der Waals surface area contributed by atoms with E-state index in [0.29, 0.717) is 28.7 Å². The van der Waals surface area contributed by atoms with E-state index in [4.69, 9.17) is 16.3 Å². The monoisotopic (exact) mass is 493 g/mol. The molecule has 2 amide bonds. The van der Waals surface area contributed by atoms with E-state index in [2.05, 4.69) is 15.6 Å². The van der Waals surface area contributed by atoms with E-state index in [0.717, 1.165) is 29.2 Å². The van der Waals surface area contributed by atoms with Crippen molar-refractivity contribution >= 4 is 39.9 Å². The molecule has 6 nitrogen and oxygen atoms in total. The third-order valence-corrected chi connectivity index (χ3v) is 6.59. The van der Waals surface area contributed by atoms with E-state index in [1.54, 1.807) is 24.4 Å². The predicted octanol–water partition coefficient (Wildman–Crippen LogP) is 6.51. The molecule has 0 atom stereocenters. The first-order valence-corrected chi connectivity index (χ1v) is 12.5. The van der Waals surface area contributed by atoms with E-state index < -0.39 is 5.41 Å². The van der Waals surface area contributed by atoms with Crippen LogP contribution in [0.15, 0.2) is 48.7 Å². The number of pyridine rings is 1. The summed E-state index contributed by atoms with van der Waals surface area (Å²) in [5, 5.41) is 7.96. The first-order valence-electron chi connectivity index (χ1n) is 12.1. The minimum absolute atomic E-state index is 0.0610. The van der Waals surface area contributed by atoms with Gasteiger partial charge in [-0.15, -0.1) is 0 Å². The van der Waals surface area contributed by atoms with Crippen LogP contribution in [0.1, 0.15) is 68.8 Å². The first kappa shape index (κ1) is 25.0. The number of rotatable bonds is 6. The average Bonchev–Trinajstić information content (AvgIpc) is 2.84. The van der Waals surface area contributed by atoms with Gasteiger partial charge in [0.15, 0.2) is 0 Å². The Bertz CT molecular complexity index is 1230. The van der Waals surface area contributed by atoms with E-state index in [-0.39, 0.29) is 17.9 Å². The molecule has 184 valence electrons. The van der Waals surface area contributed by atoms with E-state index in [1.165, 1.54) is 19.3 Å². The lowest BCUT2D eigenvalue weighted by molar-refractivity contribution is -0.128. The number of nitrogens with zero attached hydrogens (tertiary/aromatic N) is 1. The second kappa shape index (κ2) is 10.6. The fraction of sp³-hybridized carbons (Fsp3) is 0.393. The molecular weight excluding hydrogens is 462 g/mol. The van der Waals surface area contributed by atoms with Gasteiger partial charge in [-0.05, 0) is 61.6 Å². The Morgan fingerprint density at radius 1 is 1.06 bits per heavy atom. The Kier molecular flexibility index (Phi) is 7.60. The number of ether oxygens (including phenoxy) is 1. The SMILES string of the molecule is CC(C)(C)C(=O)NCc1ccc(Cl)c(C(=O)Nc2cccc3c(OC4CCCCC4)nccc23)c1. The number of carbonyl (C=O) groups excluding carboxylic acids is 2. The molecule has 1 saturated carbocycles. The van der Waals surface area contributed by atoms with Crippen LogP contribution in [0.3, 0.4) is 0 Å². The molecule has 1 aliphatic carbocycles. The minimum Gasteiger partial charge on any atom is -0.474 e. The fourth-order valence-electron chi connectivity index (χ4n) is 4.22. The van der Waals surface area contributed by atoms with Crippen LogP contribution in [0.4, 0.5) is 5.69 Å². The molecular formula is C28H32ClN3O3. The van der Waals surface area contributed by atoms with Crippen molar-refractivity contribution in [2.75, 3.05) is 5.32 Å². The van der Waals surface area contributed by atoms with Gasteiger partial charge in [0.1, 0.15) is 6.10 Å². The number of nitrogens with one attached hydrogen (secondary N) is 2. The molecule has 4 rings (SSSR count). The zero-order valence-electron chi connectivity index (χ0n) is 20.5. The van der Waals surface area contributed by atoms with Crippen LogP contribution in [0, 0.1) is 5.41 Å². The average molecular weight is 494 g/mol. The molecule has 1 aromatic heterocycles. The largest absolute Gasteiger partial charge is 0.474 e. The Morgan fingerprint density at radius 3 is 2.57 bits per heavy atom. The molecule has 0 bridgehead atoms. The number of benzene rings is 2. The summed E-state index contributed by atoms with van der Waals surface area (Å²) in [6, 6.07) is 12.8. The molecule has 0 aliphatic heterocycles. The van der Waals surface area contributed by atoms with Crippen molar-refractivity contribution in [3.8, 4) is 5.88 Å². The maximum absolute atomic E-state index is 13.2. The highest BCUT2D eigenvalue weighted by atomic mass is 35.5. The standard InChI is InChI=1S/C28H32ClN3O3/c1-28(2,3)27(34)31-17-18-12-13-23(29)22(16-18)25(33)32-24-11-7-10-21-20(24)14-15-30-26(21)35-19-8-5-4-6-9-19/h7,10-16,19H,4-6,8-9,17H2,1-3H3,(H,31,34)(H,32,33). The van der Waals surface area contributed by atoms with Gasteiger partial charge in [-0.3, -0.25) is 9.59 Å². The number of fused-ring (bicyclic) bond motifs is 1. The number of hydrogen-bond donors (Lipinski definition) is 2. The van der Waals surface area contributed by atoms with Gasteiger partial charge in [-0.25, -0.2) is 4.98 Å². The minimum atomic E-state index is -0.491. The lowest BCUT2D eigenvalue weighted by Gasteiger charge is -2.23. The number of amides is 2. The third-order valence-electron chi connectivity index (χ3n) is 6.26. The van der Waals surface area contributed by atoms with E-state index in [9.17, 15) is 9.59 Å². The highest BCUT2D eigenvalue weighted by Crippen LogP contribution is 2.32. The molecule has 0 saturated heterocycles. The van der Waals surface area contributed by atoms with Gasteiger partial charge < -0.3 is 15.4 Å². The van der Waals surface area contributed by atoms with Crippen LogP contribution >= 0.6 is 11.6 Å². The molecule has 0 radical (unpaired) electrons. The maximum atomic E-state index is 13.2. The molecule has 1 aliphatic rings. The van der Waals surface area contributed by atoms with Crippen LogP contribution in [0.2, 0.25) is 5.02 Å². The van der Waals surface area contributed by atoms with Crippen LogP contribution in [0.5, 0.6) is 5.88 Å². The summed E-state index contributed by atoms with van der Waals surface area (Å²) in [7, 11) is 0. The molecule has 7 heteroatoms. The summed E-state index contributed by atoms with van der Waals surface area (Å²) in [6.07, 6.45) is 7.58. The van der Waals surface area contributed by atoms with Gasteiger partial charge in [-0.1, -0.05) is 50.9 Å². The highest BCUT2D eigenvalue weighted by molar-refractivity contribution is 6.34. The number of hydrogen-bond acceptors (Lipinski definition) is 4. The van der Waals surface area contributed by atoms with Gasteiger partial charge in [0, 0.05) is 34.6 Å². The van der Waals surface area contributed by atoms with Gasteiger partial charge in [0.2, 0.25) is 11.8 Å². The predicted molar refractivity (Wildman–Crippen MR) is 140 cm³/mol. The topological polar surface area (TPSA) is 80.3 Å². The van der Waals surface area contributed by atoms with Gasteiger partial charge in [0.05, 0.1) is 10.6 Å². The van der Waals surface area contributed by atoms with Gasteiger partial charge in [0.25, 0.3) is 5.91 Å². The molecule has 3 aromatic rings. The molecule has 2 N–H and O–H groups in total. The lowest BCUT2D eigenvalue weighted by Crippen LogP contribution is -2.34. The fourth-order valence-corrected chi connectivity index (χ4v) is 4.42. The van der Waals surface area contributed by atoms with Crippen molar-refractivity contribution in [1.82, 2.24) is 10.3 Å². The Hall–Kier alpha value is -3.12. The summed E-state index contributed by atoms with van der Waals surface area (Å²) >= 11 is 6.37. The summed E-state index contributed by atoms with van der Waals surface area (Å²) in [4.78, 5) is 29.9. The molecule has 35 heavy (non-hydrogen) atoms. The number of carbonyl (C=O) groups is 2. The zero-order valence-corrected chi connectivity index (χ0v) is 21.2. The van der Waals surface area contributed by atoms with Crippen LogP contribution in [-0.4, -0.2) is 22.9 Å². The highest BCUT2D eigenvalue weighted by Gasteiger charge is 2.21. The molecule has 0 unspecified atom stereocenters. The molecule has 1 heterocycles. The van der Waals surface area contributed by atoms with E-state index in [1.807, 2.05) is 45.0 Å². The Morgan fingerprint density at radius 2 is 1.83 bits per heavy atom. The van der Waals surface area contributed by atoms with E-state index >= 15 is 0 Å². The lowest BCUT2D eigenvalue weighted by atomic mass is 9.95. The van der Waals surface area contributed by atoms with Crippen molar-refractivity contribution in [3.05, 3.63) is 64.8 Å². The number of aromatic nitrogens is 1. The second-order valence-corrected chi connectivity index (χ2v) is 10.5. The molecule has 1 fully saturated rings. The summed E-state index contributed by atoms with van der Waals surface area (Å²) in [6.45, 7) is 5.88. The molecule has 2 aromatic carbocycles. The third kappa shape index (κ3) is 6.12. The van der Waals surface area contributed by atoms with Crippen molar-refractivity contribution in [2.24, 2.45) is 5.41 Å². The summed E-state index contributed by atoms with van der Waals surface area (Å²) < 4.78 is 6.24. The van der Waals surface area contributed by atoms with Crippen LogP contribution < -0.4 is 15.4 Å². The van der Waals surface area contributed by atoms with Crippen molar-refractivity contribution < 1.29 is 14.3 Å². The van der Waals surface area contributed by atoms with Crippen molar-refractivity contribution in [2.45, 2.75) is 65.5 Å². The molecule has 0 spiro atoms. The van der Waals surface area contributed by atoms with Crippen molar-refractivity contribution in [1.29, 1.82) is 0 Å². The first-order chi connectivity index (χ1) is 16.7. The maximum Gasteiger partial charge on any atom is 0.257 e. The van der Waals surface area contributed by atoms with Crippen LogP contribution in [-0.2, 0) is 11.3 Å². The second-order valence-electron chi connectivity index (χ2n) is 10.1. The number of halogens is 1. The van der Waals surface area contributed by atoms with Gasteiger partial charge in [-0.2, -0.15) is 0 Å². The van der Waals surface area contributed by atoms with Crippen molar-refractivity contribution in [3.63, 3.8) is 0 Å². The zero-order chi connectivity index (χ0) is 25.0. The Balaban J connectivity index is 1.53. The Labute approximate surface area is 211 Å². The van der Waals surface area contributed by atoms with Crippen LogP contribution in [0.25, 0.3) is 10.8 Å². The number of anilines is 1. The smallest absolute Gasteiger partial charge is 0.257 e. The summed E-state index contributed by atoms with van der Waals surface area (Å²) in [5.74, 6) is 0.215. The van der Waals surface area contributed by atoms with Gasteiger partial charge >= 0.3 is 0 Å². The normalized spacial score (nSPS) is 14.5. The quantitative estimate of drug-likeness (QED) is 0.410. The summed E-state index contributed by atoms with van der Waals surface area (Å²) in [5.41, 5.74) is 1.31.